The van der Waals surface area contributed by atoms with Crippen LogP contribution in [0, 0.1) is 11.3 Å². The van der Waals surface area contributed by atoms with Crippen molar-refractivity contribution in [1.29, 1.82) is 0 Å². The molecule has 0 aliphatic carbocycles. The second-order valence-corrected chi connectivity index (χ2v) is 11.4. The van der Waals surface area contributed by atoms with Crippen LogP contribution >= 0.6 is 0 Å². The molecule has 0 aromatic rings. The number of likely N-dealkylation sites (tertiary alicyclic amines) is 2. The smallest absolute Gasteiger partial charge is 0.260 e. The Morgan fingerprint density at radius 1 is 1.03 bits per heavy atom. The fraction of sp³-hybridized carbons (Fsp3) is 0.880. The van der Waals surface area contributed by atoms with Gasteiger partial charge in [-0.15, -0.1) is 0 Å². The van der Waals surface area contributed by atoms with Crippen LogP contribution in [0.25, 0.3) is 0 Å². The summed E-state index contributed by atoms with van der Waals surface area (Å²) in [6, 6.07) is -1.18. The molecule has 2 heterocycles. The van der Waals surface area contributed by atoms with Crippen molar-refractivity contribution in [2.75, 3.05) is 40.8 Å². The largest absolute Gasteiger partial charge is 0.342 e. The van der Waals surface area contributed by atoms with E-state index in [4.69, 9.17) is 4.84 Å². The molecule has 0 radical (unpaired) electrons. The summed E-state index contributed by atoms with van der Waals surface area (Å²) in [5.74, 6) is -0.120. The normalized spacial score (nSPS) is 24.0. The number of hydrogen-bond donors (Lipinski definition) is 2. The number of rotatable bonds is 9. The molecule has 2 fully saturated rings. The predicted octanol–water partition coefficient (Wildman–Crippen LogP) is 1.63. The van der Waals surface area contributed by atoms with Gasteiger partial charge in [-0.25, -0.2) is 5.48 Å². The fourth-order valence-electron chi connectivity index (χ4n) is 5.19. The van der Waals surface area contributed by atoms with Gasteiger partial charge in [-0.3, -0.25) is 29.0 Å². The number of hydrogen-bond acceptors (Lipinski definition) is 6. The lowest BCUT2D eigenvalue weighted by molar-refractivity contribution is -0.143. The third-order valence-electron chi connectivity index (χ3n) is 7.38. The molecule has 0 bridgehead atoms. The number of piperidine rings is 1. The van der Waals surface area contributed by atoms with Crippen molar-refractivity contribution < 1.29 is 19.2 Å². The summed E-state index contributed by atoms with van der Waals surface area (Å²) >= 11 is 0. The van der Waals surface area contributed by atoms with Gasteiger partial charge < -0.3 is 10.2 Å². The van der Waals surface area contributed by atoms with Crippen molar-refractivity contribution in [3.05, 3.63) is 0 Å². The van der Waals surface area contributed by atoms with Crippen molar-refractivity contribution in [2.45, 2.75) is 90.9 Å². The van der Waals surface area contributed by atoms with Crippen molar-refractivity contribution >= 4 is 17.7 Å². The van der Waals surface area contributed by atoms with E-state index in [9.17, 15) is 14.4 Å². The van der Waals surface area contributed by atoms with Crippen LogP contribution in [0.1, 0.15) is 66.7 Å². The van der Waals surface area contributed by atoms with Crippen molar-refractivity contribution in [2.24, 2.45) is 11.3 Å². The molecule has 0 aromatic heterocycles. The number of amides is 3. The first-order valence-electron chi connectivity index (χ1n) is 12.7. The number of nitrogens with one attached hydrogen (secondary N) is 2. The molecular formula is C25H47N5O4. The topological polar surface area (TPSA) is 94.2 Å². The van der Waals surface area contributed by atoms with E-state index >= 15 is 0 Å². The van der Waals surface area contributed by atoms with Gasteiger partial charge in [0.05, 0.1) is 19.2 Å². The van der Waals surface area contributed by atoms with Crippen LogP contribution in [0.5, 0.6) is 0 Å². The van der Waals surface area contributed by atoms with Crippen LogP contribution in [0.15, 0.2) is 0 Å². The molecule has 3 amide bonds. The first kappa shape index (κ1) is 28.5. The predicted molar refractivity (Wildman–Crippen MR) is 133 cm³/mol. The first-order valence-corrected chi connectivity index (χ1v) is 12.7. The van der Waals surface area contributed by atoms with Gasteiger partial charge in [0.15, 0.2) is 0 Å². The van der Waals surface area contributed by atoms with Crippen LogP contribution in [-0.4, -0.2) is 97.4 Å². The maximum Gasteiger partial charge on any atom is 0.260 e. The molecule has 2 saturated heterocycles. The Morgan fingerprint density at radius 2 is 1.68 bits per heavy atom. The van der Waals surface area contributed by atoms with E-state index < -0.39 is 11.5 Å². The van der Waals surface area contributed by atoms with Gasteiger partial charge in [-0.1, -0.05) is 41.0 Å². The number of carbonyl (C=O) groups is 3. The monoisotopic (exact) mass is 481 g/mol. The van der Waals surface area contributed by atoms with Crippen molar-refractivity contribution in [3.63, 3.8) is 0 Å². The van der Waals surface area contributed by atoms with E-state index in [1.165, 1.54) is 7.11 Å². The van der Waals surface area contributed by atoms with Crippen molar-refractivity contribution in [1.82, 2.24) is 25.5 Å². The lowest BCUT2D eigenvalue weighted by Gasteiger charge is -2.41. The second-order valence-electron chi connectivity index (χ2n) is 11.4. The second kappa shape index (κ2) is 12.3. The van der Waals surface area contributed by atoms with E-state index in [2.05, 4.69) is 34.4 Å². The van der Waals surface area contributed by atoms with Crippen LogP contribution in [0.2, 0.25) is 0 Å². The Labute approximate surface area is 205 Å². The molecule has 2 aliphatic rings. The van der Waals surface area contributed by atoms with Gasteiger partial charge in [0.2, 0.25) is 11.8 Å². The first-order chi connectivity index (χ1) is 15.9. The lowest BCUT2D eigenvalue weighted by Crippen LogP contribution is -2.61. The summed E-state index contributed by atoms with van der Waals surface area (Å²) in [5.41, 5.74) is 2.01. The van der Waals surface area contributed by atoms with Crippen LogP contribution in [-0.2, 0) is 19.2 Å². The molecule has 9 heteroatoms. The number of nitrogens with zero attached hydrogens (tertiary/aromatic N) is 3. The highest BCUT2D eigenvalue weighted by Crippen LogP contribution is 2.26. The Balaban J connectivity index is 2.16. The minimum atomic E-state index is -0.632. The fourth-order valence-corrected chi connectivity index (χ4v) is 5.19. The third-order valence-corrected chi connectivity index (χ3v) is 7.38. The Morgan fingerprint density at radius 3 is 2.24 bits per heavy atom. The highest BCUT2D eigenvalue weighted by molar-refractivity contribution is 5.90. The number of likely N-dealkylation sites (N-methyl/N-ethyl adjacent to an activating group) is 2. The molecule has 34 heavy (non-hydrogen) atoms. The van der Waals surface area contributed by atoms with Crippen LogP contribution in [0.4, 0.5) is 0 Å². The third kappa shape index (κ3) is 7.15. The molecule has 0 spiro atoms. The van der Waals surface area contributed by atoms with Crippen LogP contribution < -0.4 is 10.8 Å². The Bertz CT molecular complexity index is 708. The van der Waals surface area contributed by atoms with Crippen LogP contribution in [0.3, 0.4) is 0 Å². The average Bonchev–Trinajstić information content (AvgIpc) is 3.22. The van der Waals surface area contributed by atoms with Gasteiger partial charge in [-0.2, -0.15) is 0 Å². The zero-order valence-electron chi connectivity index (χ0n) is 22.5. The SMILES string of the molecule is CONC(=O)C1CCCN1C[C@H](C(C)C)N(C)C(=O)[C@@H](NC(=O)[C@H]1CCCCN1C)C(C)(C)C. The summed E-state index contributed by atoms with van der Waals surface area (Å²) in [5, 5.41) is 3.10. The highest BCUT2D eigenvalue weighted by Gasteiger charge is 2.40. The summed E-state index contributed by atoms with van der Waals surface area (Å²) in [6.45, 7) is 12.5. The molecule has 2 rings (SSSR count). The average molecular weight is 482 g/mol. The Kier molecular flexibility index (Phi) is 10.3. The summed E-state index contributed by atoms with van der Waals surface area (Å²) in [7, 11) is 5.24. The molecule has 4 atom stereocenters. The highest BCUT2D eigenvalue weighted by atomic mass is 16.6. The zero-order chi connectivity index (χ0) is 25.6. The van der Waals surface area contributed by atoms with E-state index in [-0.39, 0.29) is 41.8 Å². The van der Waals surface area contributed by atoms with Gasteiger partial charge >= 0.3 is 0 Å². The standard InChI is InChI=1S/C25H47N5O4/c1-17(2)20(16-30-15-11-13-19(30)23(32)27-34-8)29(7)24(33)21(25(3,4)5)26-22(31)18-12-9-10-14-28(18)6/h17-21H,9-16H2,1-8H3,(H,26,31)(H,27,32)/t18-,19?,20-,21-/m1/s1. The van der Waals surface area contributed by atoms with E-state index in [0.717, 1.165) is 45.2 Å². The molecule has 0 aromatic carbocycles. The lowest BCUT2D eigenvalue weighted by atomic mass is 9.84. The maximum atomic E-state index is 13.8. The van der Waals surface area contributed by atoms with E-state index in [1.54, 1.807) is 4.90 Å². The summed E-state index contributed by atoms with van der Waals surface area (Å²) in [4.78, 5) is 50.3. The number of carbonyl (C=O) groups excluding carboxylic acids is 3. The molecule has 1 unspecified atom stereocenters. The summed E-state index contributed by atoms with van der Waals surface area (Å²) in [6.07, 6.45) is 4.64. The van der Waals surface area contributed by atoms with E-state index in [1.807, 2.05) is 34.9 Å². The van der Waals surface area contributed by atoms with E-state index in [0.29, 0.717) is 6.54 Å². The Hall–Kier alpha value is -1.71. The maximum absolute atomic E-state index is 13.8. The van der Waals surface area contributed by atoms with Gasteiger partial charge in [0.25, 0.3) is 5.91 Å². The summed E-state index contributed by atoms with van der Waals surface area (Å²) < 4.78 is 0. The van der Waals surface area contributed by atoms with Gasteiger partial charge in [0, 0.05) is 19.6 Å². The van der Waals surface area contributed by atoms with Crippen molar-refractivity contribution in [3.8, 4) is 0 Å². The molecule has 2 aliphatic heterocycles. The quantitative estimate of drug-likeness (QED) is 0.486. The minimum Gasteiger partial charge on any atom is -0.342 e. The molecular weight excluding hydrogens is 434 g/mol. The van der Waals surface area contributed by atoms with Gasteiger partial charge in [0.1, 0.15) is 6.04 Å². The molecule has 0 saturated carbocycles. The number of hydroxylamine groups is 1. The molecule has 2 N–H and O–H groups in total. The zero-order valence-corrected chi connectivity index (χ0v) is 22.5. The minimum absolute atomic E-state index is 0.0687. The van der Waals surface area contributed by atoms with Gasteiger partial charge in [-0.05, 0) is 57.2 Å². The molecule has 196 valence electrons. The molecule has 9 nitrogen and oxygen atoms in total.